The maximum Gasteiger partial charge on any atom is 0.225 e. The summed E-state index contributed by atoms with van der Waals surface area (Å²) in [5.74, 6) is 1.15. The minimum Gasteiger partial charge on any atom is -0.395 e. The minimum atomic E-state index is 0.137. The Morgan fingerprint density at radius 2 is 2.00 bits per heavy atom. The van der Waals surface area contributed by atoms with Crippen LogP contribution in [0.2, 0.25) is 0 Å². The Labute approximate surface area is 110 Å². The largest absolute Gasteiger partial charge is 0.395 e. The minimum absolute atomic E-state index is 0.137. The van der Waals surface area contributed by atoms with Gasteiger partial charge in [-0.05, 0) is 25.3 Å². The van der Waals surface area contributed by atoms with Crippen molar-refractivity contribution >= 4 is 5.95 Å². The van der Waals surface area contributed by atoms with Crippen molar-refractivity contribution in [2.45, 2.75) is 46.5 Å². The van der Waals surface area contributed by atoms with Crippen molar-refractivity contribution in [3.63, 3.8) is 0 Å². The van der Waals surface area contributed by atoms with Gasteiger partial charge in [-0.2, -0.15) is 0 Å². The Kier molecular flexibility index (Phi) is 6.05. The molecular weight excluding hydrogens is 226 g/mol. The highest BCUT2D eigenvalue weighted by Gasteiger charge is 2.12. The van der Waals surface area contributed by atoms with E-state index in [-0.39, 0.29) is 6.61 Å². The van der Waals surface area contributed by atoms with Gasteiger partial charge in [-0.3, -0.25) is 0 Å². The van der Waals surface area contributed by atoms with E-state index in [1.165, 1.54) is 0 Å². The number of nitrogens with zero attached hydrogens (tertiary/aromatic N) is 3. The smallest absolute Gasteiger partial charge is 0.225 e. The fourth-order valence-electron chi connectivity index (χ4n) is 1.80. The van der Waals surface area contributed by atoms with Gasteiger partial charge in [-0.1, -0.05) is 27.2 Å². The molecule has 0 saturated heterocycles. The van der Waals surface area contributed by atoms with Crippen LogP contribution >= 0.6 is 0 Å². The summed E-state index contributed by atoms with van der Waals surface area (Å²) >= 11 is 0. The third kappa shape index (κ3) is 4.26. The Morgan fingerprint density at radius 3 is 2.56 bits per heavy atom. The molecule has 18 heavy (non-hydrogen) atoms. The van der Waals surface area contributed by atoms with Gasteiger partial charge in [0.15, 0.2) is 0 Å². The second-order valence-corrected chi connectivity index (χ2v) is 4.95. The molecule has 0 fully saturated rings. The monoisotopic (exact) mass is 251 g/mol. The molecule has 1 aromatic rings. The van der Waals surface area contributed by atoms with Crippen LogP contribution in [-0.4, -0.2) is 34.8 Å². The van der Waals surface area contributed by atoms with Crippen LogP contribution in [0.4, 0.5) is 5.95 Å². The summed E-state index contributed by atoms with van der Waals surface area (Å²) in [6.45, 7) is 10.1. The number of hydrogen-bond acceptors (Lipinski definition) is 4. The van der Waals surface area contributed by atoms with Crippen LogP contribution in [0.3, 0.4) is 0 Å². The summed E-state index contributed by atoms with van der Waals surface area (Å²) < 4.78 is 0. The van der Waals surface area contributed by atoms with Crippen molar-refractivity contribution in [2.24, 2.45) is 0 Å². The third-order valence-corrected chi connectivity index (χ3v) is 2.89. The highest BCUT2D eigenvalue weighted by Crippen LogP contribution is 2.17. The van der Waals surface area contributed by atoms with Gasteiger partial charge in [0.05, 0.1) is 6.61 Å². The molecule has 4 nitrogen and oxygen atoms in total. The lowest BCUT2D eigenvalue weighted by Gasteiger charge is -2.22. The molecule has 1 N–H and O–H groups in total. The van der Waals surface area contributed by atoms with Crippen LogP contribution < -0.4 is 4.90 Å². The van der Waals surface area contributed by atoms with Crippen molar-refractivity contribution in [1.82, 2.24) is 9.97 Å². The van der Waals surface area contributed by atoms with Crippen LogP contribution in [0.5, 0.6) is 0 Å². The van der Waals surface area contributed by atoms with Gasteiger partial charge < -0.3 is 10.0 Å². The van der Waals surface area contributed by atoms with Crippen LogP contribution in [0.25, 0.3) is 0 Å². The van der Waals surface area contributed by atoms with E-state index in [1.807, 2.05) is 13.0 Å². The number of aliphatic hydroxyl groups excluding tert-OH is 1. The SMILES string of the molecule is CCCCN(CCO)c1nc(C)cc(C(C)C)n1. The molecule has 1 rings (SSSR count). The molecule has 0 bridgehead atoms. The van der Waals surface area contributed by atoms with E-state index < -0.39 is 0 Å². The zero-order valence-corrected chi connectivity index (χ0v) is 12.0. The summed E-state index contributed by atoms with van der Waals surface area (Å²) in [7, 11) is 0. The van der Waals surface area contributed by atoms with E-state index >= 15 is 0 Å². The van der Waals surface area contributed by atoms with E-state index in [0.29, 0.717) is 12.5 Å². The number of unbranched alkanes of at least 4 members (excludes halogenated alkanes) is 1. The van der Waals surface area contributed by atoms with Crippen molar-refractivity contribution in [1.29, 1.82) is 0 Å². The lowest BCUT2D eigenvalue weighted by atomic mass is 10.1. The molecule has 0 aliphatic heterocycles. The highest BCUT2D eigenvalue weighted by atomic mass is 16.3. The molecule has 4 heteroatoms. The second kappa shape index (κ2) is 7.31. The van der Waals surface area contributed by atoms with Crippen LogP contribution in [-0.2, 0) is 0 Å². The molecule has 0 spiro atoms. The fourth-order valence-corrected chi connectivity index (χ4v) is 1.80. The van der Waals surface area contributed by atoms with Crippen molar-refractivity contribution in [3.05, 3.63) is 17.5 Å². The number of aryl methyl sites for hydroxylation is 1. The Morgan fingerprint density at radius 1 is 1.28 bits per heavy atom. The number of aliphatic hydroxyl groups is 1. The molecule has 1 heterocycles. The first-order chi connectivity index (χ1) is 8.58. The van der Waals surface area contributed by atoms with Crippen LogP contribution in [0, 0.1) is 6.92 Å². The first-order valence-corrected chi connectivity index (χ1v) is 6.79. The molecule has 0 amide bonds. The summed E-state index contributed by atoms with van der Waals surface area (Å²) in [6.07, 6.45) is 2.22. The molecule has 0 saturated carbocycles. The van der Waals surface area contributed by atoms with Gasteiger partial charge in [-0.25, -0.2) is 9.97 Å². The van der Waals surface area contributed by atoms with Crippen LogP contribution in [0.1, 0.15) is 50.9 Å². The maximum atomic E-state index is 9.15. The van der Waals surface area contributed by atoms with Crippen molar-refractivity contribution < 1.29 is 5.11 Å². The second-order valence-electron chi connectivity index (χ2n) is 4.95. The topological polar surface area (TPSA) is 49.2 Å². The molecule has 1 aromatic heterocycles. The van der Waals surface area contributed by atoms with Crippen molar-refractivity contribution in [3.8, 4) is 0 Å². The predicted molar refractivity (Wildman–Crippen MR) is 75.1 cm³/mol. The third-order valence-electron chi connectivity index (χ3n) is 2.89. The zero-order chi connectivity index (χ0) is 13.5. The van der Waals surface area contributed by atoms with Crippen molar-refractivity contribution in [2.75, 3.05) is 24.6 Å². The normalized spacial score (nSPS) is 11.0. The standard InChI is InChI=1S/C14H25N3O/c1-5-6-7-17(8-9-18)14-15-12(4)10-13(16-14)11(2)3/h10-11,18H,5-9H2,1-4H3. The van der Waals surface area contributed by atoms with Gasteiger partial charge in [0.1, 0.15) is 0 Å². The van der Waals surface area contributed by atoms with Gasteiger partial charge >= 0.3 is 0 Å². The summed E-state index contributed by atoms with van der Waals surface area (Å²) in [5, 5.41) is 9.15. The van der Waals surface area contributed by atoms with Gasteiger partial charge in [0.2, 0.25) is 5.95 Å². The zero-order valence-electron chi connectivity index (χ0n) is 12.0. The first-order valence-electron chi connectivity index (χ1n) is 6.79. The molecule has 0 aromatic carbocycles. The number of hydrogen-bond donors (Lipinski definition) is 1. The Hall–Kier alpha value is -1.16. The average Bonchev–Trinajstić information content (AvgIpc) is 2.33. The molecule has 102 valence electrons. The number of aromatic nitrogens is 2. The van der Waals surface area contributed by atoms with E-state index in [9.17, 15) is 0 Å². The lowest BCUT2D eigenvalue weighted by molar-refractivity contribution is 0.301. The summed E-state index contributed by atoms with van der Waals surface area (Å²) in [5.41, 5.74) is 2.06. The fraction of sp³-hybridized carbons (Fsp3) is 0.714. The molecule has 0 atom stereocenters. The Bertz CT molecular complexity index is 366. The van der Waals surface area contributed by atoms with E-state index in [0.717, 1.165) is 36.7 Å². The first kappa shape index (κ1) is 14.9. The van der Waals surface area contributed by atoms with Crippen LogP contribution in [0.15, 0.2) is 6.07 Å². The van der Waals surface area contributed by atoms with E-state index in [2.05, 4.69) is 35.6 Å². The molecule has 0 unspecified atom stereocenters. The molecule has 0 aliphatic carbocycles. The number of rotatable bonds is 7. The maximum absolute atomic E-state index is 9.15. The van der Waals surface area contributed by atoms with Gasteiger partial charge in [-0.15, -0.1) is 0 Å². The molecule has 0 radical (unpaired) electrons. The summed E-state index contributed by atoms with van der Waals surface area (Å²) in [6, 6.07) is 2.03. The molecular formula is C14H25N3O. The highest BCUT2D eigenvalue weighted by molar-refractivity contribution is 5.33. The average molecular weight is 251 g/mol. The Balaban J connectivity index is 2.95. The summed E-state index contributed by atoms with van der Waals surface area (Å²) in [4.78, 5) is 11.2. The van der Waals surface area contributed by atoms with E-state index in [4.69, 9.17) is 5.11 Å². The predicted octanol–water partition coefficient (Wildman–Crippen LogP) is 2.51. The number of anilines is 1. The van der Waals surface area contributed by atoms with E-state index in [1.54, 1.807) is 0 Å². The van der Waals surface area contributed by atoms with Gasteiger partial charge in [0.25, 0.3) is 0 Å². The lowest BCUT2D eigenvalue weighted by Crippen LogP contribution is -2.30. The molecule has 0 aliphatic rings. The quantitative estimate of drug-likeness (QED) is 0.809. The van der Waals surface area contributed by atoms with Gasteiger partial charge in [0, 0.05) is 24.5 Å².